The minimum absolute atomic E-state index is 0.280. The van der Waals surface area contributed by atoms with E-state index in [0.29, 0.717) is 6.04 Å². The first-order valence-electron chi connectivity index (χ1n) is 6.39. The van der Waals surface area contributed by atoms with E-state index in [1.807, 2.05) is 11.3 Å². The van der Waals surface area contributed by atoms with E-state index in [1.54, 1.807) is 0 Å². The van der Waals surface area contributed by atoms with E-state index >= 15 is 0 Å². The molecule has 4 heteroatoms. The summed E-state index contributed by atoms with van der Waals surface area (Å²) in [5, 5.41) is 0. The lowest BCUT2D eigenvalue weighted by Gasteiger charge is -2.31. The van der Waals surface area contributed by atoms with Gasteiger partial charge in [-0.15, -0.1) is 11.3 Å². The minimum atomic E-state index is 0.280. The van der Waals surface area contributed by atoms with Gasteiger partial charge in [0.05, 0.1) is 6.04 Å². The Morgan fingerprint density at radius 3 is 2.88 bits per heavy atom. The predicted octanol–water partition coefficient (Wildman–Crippen LogP) is 3.69. The molecule has 1 aromatic heterocycles. The summed E-state index contributed by atoms with van der Waals surface area (Å²) in [6.45, 7) is 6.67. The quantitative estimate of drug-likeness (QED) is 0.901. The van der Waals surface area contributed by atoms with Gasteiger partial charge in [-0.2, -0.15) is 0 Å². The van der Waals surface area contributed by atoms with Crippen molar-refractivity contribution in [2.45, 2.75) is 45.2 Å². The summed E-state index contributed by atoms with van der Waals surface area (Å²) >= 11 is 5.50. The monoisotopic (exact) mass is 316 g/mol. The van der Waals surface area contributed by atoms with Crippen LogP contribution in [0.25, 0.3) is 0 Å². The van der Waals surface area contributed by atoms with Crippen LogP contribution in [0.3, 0.4) is 0 Å². The highest BCUT2D eigenvalue weighted by atomic mass is 79.9. The van der Waals surface area contributed by atoms with Gasteiger partial charge in [0.25, 0.3) is 0 Å². The summed E-state index contributed by atoms with van der Waals surface area (Å²) < 4.78 is 1.23. The van der Waals surface area contributed by atoms with Crippen molar-refractivity contribution in [2.75, 3.05) is 13.1 Å². The van der Waals surface area contributed by atoms with Crippen LogP contribution in [0.2, 0.25) is 0 Å². The number of likely N-dealkylation sites (tertiary alicyclic amines) is 1. The smallest absolute Gasteiger partial charge is 0.0593 e. The van der Waals surface area contributed by atoms with Crippen molar-refractivity contribution in [1.29, 1.82) is 0 Å². The Balaban J connectivity index is 2.30. The summed E-state index contributed by atoms with van der Waals surface area (Å²) in [4.78, 5) is 5.31. The third kappa shape index (κ3) is 2.92. The number of hydrogen-bond donors (Lipinski definition) is 1. The van der Waals surface area contributed by atoms with E-state index in [2.05, 4.69) is 40.7 Å². The molecule has 2 N–H and O–H groups in total. The second-order valence-electron chi connectivity index (χ2n) is 4.79. The molecule has 2 nitrogen and oxygen atoms in total. The van der Waals surface area contributed by atoms with Gasteiger partial charge >= 0.3 is 0 Å². The molecule has 0 saturated carbocycles. The largest absolute Gasteiger partial charge is 0.326 e. The minimum Gasteiger partial charge on any atom is -0.326 e. The van der Waals surface area contributed by atoms with Gasteiger partial charge in [-0.3, -0.25) is 4.90 Å². The molecule has 1 aliphatic rings. The maximum atomic E-state index is 6.39. The van der Waals surface area contributed by atoms with Crippen molar-refractivity contribution < 1.29 is 0 Å². The fraction of sp³-hybridized carbons (Fsp3) is 0.692. The molecule has 0 amide bonds. The fourth-order valence-electron chi connectivity index (χ4n) is 2.64. The van der Waals surface area contributed by atoms with Gasteiger partial charge in [-0.05, 0) is 54.9 Å². The number of rotatable bonds is 2. The standard InChI is InChI=1S/C13H21BrN2S/c1-3-16-7-5-4-6-11(15)13(16)12-8-10(14)9(2)17-12/h8,11,13H,3-7,15H2,1-2H3. The Bertz CT molecular complexity index is 358. The van der Waals surface area contributed by atoms with Crippen LogP contribution < -0.4 is 5.73 Å². The van der Waals surface area contributed by atoms with Crippen molar-refractivity contribution in [3.05, 3.63) is 20.3 Å². The van der Waals surface area contributed by atoms with Crippen molar-refractivity contribution in [2.24, 2.45) is 5.73 Å². The van der Waals surface area contributed by atoms with Gasteiger partial charge in [0, 0.05) is 20.3 Å². The molecule has 0 aliphatic carbocycles. The van der Waals surface area contributed by atoms with E-state index in [4.69, 9.17) is 5.73 Å². The highest BCUT2D eigenvalue weighted by molar-refractivity contribution is 9.10. The summed E-state index contributed by atoms with van der Waals surface area (Å²) in [6.07, 6.45) is 3.69. The first kappa shape index (κ1) is 13.5. The van der Waals surface area contributed by atoms with Crippen LogP contribution in [0.4, 0.5) is 0 Å². The van der Waals surface area contributed by atoms with E-state index in [0.717, 1.165) is 13.0 Å². The molecule has 17 heavy (non-hydrogen) atoms. The average molecular weight is 317 g/mol. The molecular formula is C13H21BrN2S. The zero-order valence-corrected chi connectivity index (χ0v) is 13.0. The molecule has 1 saturated heterocycles. The zero-order valence-electron chi connectivity index (χ0n) is 10.6. The SMILES string of the molecule is CCN1CCCCC(N)C1c1cc(Br)c(C)s1. The van der Waals surface area contributed by atoms with Crippen LogP contribution >= 0.6 is 27.3 Å². The maximum Gasteiger partial charge on any atom is 0.0593 e. The Morgan fingerprint density at radius 1 is 1.53 bits per heavy atom. The fourth-order valence-corrected chi connectivity index (χ4v) is 4.41. The third-order valence-electron chi connectivity index (χ3n) is 3.61. The van der Waals surface area contributed by atoms with E-state index in [1.165, 1.54) is 33.6 Å². The molecule has 0 spiro atoms. The van der Waals surface area contributed by atoms with Crippen LogP contribution in [-0.4, -0.2) is 24.0 Å². The van der Waals surface area contributed by atoms with Gasteiger partial charge in [0.15, 0.2) is 0 Å². The summed E-state index contributed by atoms with van der Waals surface area (Å²) in [7, 11) is 0. The zero-order chi connectivity index (χ0) is 12.4. The van der Waals surface area contributed by atoms with Gasteiger partial charge in [-0.25, -0.2) is 0 Å². The van der Waals surface area contributed by atoms with Crippen LogP contribution in [0.5, 0.6) is 0 Å². The lowest BCUT2D eigenvalue weighted by molar-refractivity contribution is 0.198. The molecule has 2 unspecified atom stereocenters. The lowest BCUT2D eigenvalue weighted by Crippen LogP contribution is -2.39. The van der Waals surface area contributed by atoms with Crippen molar-refractivity contribution in [3.63, 3.8) is 0 Å². The molecule has 2 rings (SSSR count). The molecule has 1 aromatic rings. The van der Waals surface area contributed by atoms with E-state index in [-0.39, 0.29) is 6.04 Å². The molecule has 0 aromatic carbocycles. The molecule has 2 atom stereocenters. The highest BCUT2D eigenvalue weighted by Crippen LogP contribution is 2.37. The number of aryl methyl sites for hydroxylation is 1. The third-order valence-corrected chi connectivity index (χ3v) is 5.81. The van der Waals surface area contributed by atoms with Crippen molar-refractivity contribution in [1.82, 2.24) is 4.90 Å². The molecule has 1 fully saturated rings. The first-order chi connectivity index (χ1) is 8.13. The molecule has 96 valence electrons. The van der Waals surface area contributed by atoms with Crippen LogP contribution in [-0.2, 0) is 0 Å². The number of nitrogens with two attached hydrogens (primary N) is 1. The van der Waals surface area contributed by atoms with Gasteiger partial charge in [0.2, 0.25) is 0 Å². The van der Waals surface area contributed by atoms with Crippen LogP contribution in [0.1, 0.15) is 42.0 Å². The Hall–Kier alpha value is 0.1000. The van der Waals surface area contributed by atoms with Crippen molar-refractivity contribution in [3.8, 4) is 0 Å². The molecule has 0 bridgehead atoms. The van der Waals surface area contributed by atoms with Gasteiger partial charge in [0.1, 0.15) is 0 Å². The topological polar surface area (TPSA) is 29.3 Å². The second kappa shape index (κ2) is 5.83. The summed E-state index contributed by atoms with van der Waals surface area (Å²) in [5.74, 6) is 0. The number of halogens is 1. The van der Waals surface area contributed by atoms with Gasteiger partial charge < -0.3 is 5.73 Å². The highest BCUT2D eigenvalue weighted by Gasteiger charge is 2.29. The van der Waals surface area contributed by atoms with Crippen LogP contribution in [0.15, 0.2) is 10.5 Å². The Kier molecular flexibility index (Phi) is 4.64. The molecule has 1 aliphatic heterocycles. The number of nitrogens with zero attached hydrogens (tertiary/aromatic N) is 1. The Labute approximate surface area is 116 Å². The second-order valence-corrected chi connectivity index (χ2v) is 6.93. The lowest BCUT2D eigenvalue weighted by atomic mass is 10.0. The normalized spacial score (nSPS) is 27.1. The molecule has 2 heterocycles. The predicted molar refractivity (Wildman–Crippen MR) is 78.6 cm³/mol. The van der Waals surface area contributed by atoms with E-state index < -0.39 is 0 Å². The average Bonchev–Trinajstić information content (AvgIpc) is 2.51. The maximum absolute atomic E-state index is 6.39. The summed E-state index contributed by atoms with van der Waals surface area (Å²) in [5.41, 5.74) is 6.39. The Morgan fingerprint density at radius 2 is 2.29 bits per heavy atom. The number of hydrogen-bond acceptors (Lipinski definition) is 3. The molecular weight excluding hydrogens is 296 g/mol. The van der Waals surface area contributed by atoms with Crippen molar-refractivity contribution >= 4 is 27.3 Å². The number of thiophene rings is 1. The van der Waals surface area contributed by atoms with Gasteiger partial charge in [-0.1, -0.05) is 13.3 Å². The summed E-state index contributed by atoms with van der Waals surface area (Å²) in [6, 6.07) is 2.96. The molecule has 0 radical (unpaired) electrons. The van der Waals surface area contributed by atoms with Crippen LogP contribution in [0, 0.1) is 6.92 Å². The first-order valence-corrected chi connectivity index (χ1v) is 8.00. The number of likely N-dealkylation sites (N-methyl/N-ethyl adjacent to an activating group) is 1. The van der Waals surface area contributed by atoms with E-state index in [9.17, 15) is 0 Å².